The molecular weight excluding hydrogens is 465 g/mol. The number of hydrogen-bond donors (Lipinski definition) is 0. The molecule has 1 heterocycles. The number of alkyl halides is 3. The van der Waals surface area contributed by atoms with Gasteiger partial charge in [-0.2, -0.15) is 21.6 Å². The summed E-state index contributed by atoms with van der Waals surface area (Å²) in [7, 11) is -11.0. The third-order valence-electron chi connectivity index (χ3n) is 4.63. The molecule has 1 aliphatic heterocycles. The van der Waals surface area contributed by atoms with E-state index >= 15 is 0 Å². The van der Waals surface area contributed by atoms with Crippen molar-refractivity contribution in [2.24, 2.45) is 0 Å². The van der Waals surface area contributed by atoms with Crippen molar-refractivity contribution in [3.05, 3.63) is 75.8 Å². The number of hydrogen-bond acceptors (Lipinski definition) is 7. The van der Waals surface area contributed by atoms with E-state index in [4.69, 9.17) is 0 Å². The van der Waals surface area contributed by atoms with Gasteiger partial charge in [-0.3, -0.25) is 10.1 Å². The maximum atomic E-state index is 13.2. The minimum Gasteiger partial charge on any atom is -0.264 e. The molecule has 0 saturated carbocycles. The smallest absolute Gasteiger partial charge is 0.264 e. The predicted octanol–water partition coefficient (Wildman–Crippen LogP) is 2.58. The van der Waals surface area contributed by atoms with E-state index in [9.17, 15) is 40.1 Å². The molecule has 2 aromatic rings. The number of sulfonamides is 1. The first-order valence-electron chi connectivity index (χ1n) is 8.55. The quantitative estimate of drug-likeness (QED) is 0.269. The van der Waals surface area contributed by atoms with Gasteiger partial charge in [0.1, 0.15) is 6.04 Å². The van der Waals surface area contributed by atoms with Crippen molar-refractivity contribution in [1.82, 2.24) is 4.31 Å². The highest BCUT2D eigenvalue weighted by molar-refractivity contribution is 7.89. The number of halogens is 3. The van der Waals surface area contributed by atoms with Crippen LogP contribution in [0.5, 0.6) is 0 Å². The molecule has 3 atom stereocenters. The van der Waals surface area contributed by atoms with Crippen molar-refractivity contribution in [2.45, 2.75) is 35.6 Å². The van der Waals surface area contributed by atoms with Crippen LogP contribution in [0.2, 0.25) is 0 Å². The Hall–Kier alpha value is -2.55. The van der Waals surface area contributed by atoms with Crippen LogP contribution in [0.15, 0.2) is 59.5 Å². The minimum atomic E-state index is -6.32. The second kappa shape index (κ2) is 7.85. The van der Waals surface area contributed by atoms with Crippen LogP contribution < -0.4 is 0 Å². The summed E-state index contributed by atoms with van der Waals surface area (Å²) in [6.45, 7) is 1.66. The van der Waals surface area contributed by atoms with Gasteiger partial charge in [-0.25, -0.2) is 12.6 Å². The second-order valence-electron chi connectivity index (χ2n) is 6.67. The molecule has 1 aliphatic rings. The molecule has 0 radical (unpaired) electrons. The first kappa shape index (κ1) is 23.1. The SMILES string of the molecule is Cc1ccc(S(=O)(=O)N2[C@H](c3ccccc3)[C@@H]([N+](=O)[O-])[C@@H]2OS(=O)(=O)C(F)(F)F)cc1. The predicted molar refractivity (Wildman–Crippen MR) is 100 cm³/mol. The summed E-state index contributed by atoms with van der Waals surface area (Å²) in [4.78, 5) is 10.1. The van der Waals surface area contributed by atoms with E-state index in [1.54, 1.807) is 13.0 Å². The number of nitro groups is 1. The molecule has 0 aromatic heterocycles. The lowest BCUT2D eigenvalue weighted by molar-refractivity contribution is -0.568. The monoisotopic (exact) mass is 480 g/mol. The van der Waals surface area contributed by atoms with Crippen LogP contribution in [0.3, 0.4) is 0 Å². The van der Waals surface area contributed by atoms with E-state index in [2.05, 4.69) is 4.18 Å². The summed E-state index contributed by atoms with van der Waals surface area (Å²) in [5.41, 5.74) is -5.13. The highest BCUT2D eigenvalue weighted by Crippen LogP contribution is 2.46. The molecule has 3 rings (SSSR count). The van der Waals surface area contributed by atoms with Gasteiger partial charge in [-0.15, -0.1) is 4.31 Å². The molecule has 0 amide bonds. The Bertz CT molecular complexity index is 1180. The van der Waals surface area contributed by atoms with Crippen LogP contribution in [-0.2, 0) is 24.3 Å². The lowest BCUT2D eigenvalue weighted by Crippen LogP contribution is -2.68. The summed E-state index contributed by atoms with van der Waals surface area (Å²) in [6.07, 6.45) is -2.53. The molecule has 1 saturated heterocycles. The lowest BCUT2D eigenvalue weighted by atomic mass is 9.91. The highest BCUT2D eigenvalue weighted by atomic mass is 32.2. The van der Waals surface area contributed by atoms with Gasteiger partial charge in [0.2, 0.25) is 16.3 Å². The van der Waals surface area contributed by atoms with Gasteiger partial charge in [0.15, 0.2) is 0 Å². The zero-order chi connectivity index (χ0) is 23.2. The van der Waals surface area contributed by atoms with Crippen LogP contribution in [0.4, 0.5) is 13.2 Å². The minimum absolute atomic E-state index is 0.0872. The summed E-state index contributed by atoms with van der Waals surface area (Å²) in [5.74, 6) is 0. The molecule has 14 heteroatoms. The molecule has 2 aromatic carbocycles. The molecule has 0 spiro atoms. The van der Waals surface area contributed by atoms with Gasteiger partial charge < -0.3 is 0 Å². The van der Waals surface area contributed by atoms with E-state index in [-0.39, 0.29) is 14.8 Å². The molecule has 9 nitrogen and oxygen atoms in total. The summed E-state index contributed by atoms with van der Waals surface area (Å²) in [6, 6.07) is 8.58. The molecule has 0 bridgehead atoms. The van der Waals surface area contributed by atoms with Gasteiger partial charge in [0, 0.05) is 4.92 Å². The first-order chi connectivity index (χ1) is 14.3. The Balaban J connectivity index is 2.15. The fourth-order valence-electron chi connectivity index (χ4n) is 3.13. The van der Waals surface area contributed by atoms with E-state index in [1.807, 2.05) is 0 Å². The Kier molecular flexibility index (Phi) is 5.86. The molecule has 31 heavy (non-hydrogen) atoms. The number of aryl methyl sites for hydroxylation is 1. The van der Waals surface area contributed by atoms with Gasteiger partial charge in [-0.05, 0) is 24.6 Å². The van der Waals surface area contributed by atoms with Crippen LogP contribution in [0.1, 0.15) is 17.2 Å². The van der Waals surface area contributed by atoms with Gasteiger partial charge in [0.25, 0.3) is 6.04 Å². The van der Waals surface area contributed by atoms with Gasteiger partial charge >= 0.3 is 15.6 Å². The molecular formula is C17H15F3N2O7S2. The maximum absolute atomic E-state index is 13.2. The molecule has 168 valence electrons. The van der Waals surface area contributed by atoms with Crippen molar-refractivity contribution in [2.75, 3.05) is 0 Å². The van der Waals surface area contributed by atoms with Crippen LogP contribution in [0.25, 0.3) is 0 Å². The normalized spacial score (nSPS) is 22.6. The van der Waals surface area contributed by atoms with Crippen LogP contribution in [0, 0.1) is 17.0 Å². The van der Waals surface area contributed by atoms with Gasteiger partial charge in [-0.1, -0.05) is 48.0 Å². The fourth-order valence-corrected chi connectivity index (χ4v) is 5.47. The van der Waals surface area contributed by atoms with Crippen molar-refractivity contribution >= 4 is 20.1 Å². The maximum Gasteiger partial charge on any atom is 0.523 e. The van der Waals surface area contributed by atoms with E-state index in [0.717, 1.165) is 12.1 Å². The van der Waals surface area contributed by atoms with Crippen molar-refractivity contribution in [1.29, 1.82) is 0 Å². The Labute approximate surface area is 175 Å². The first-order valence-corrected chi connectivity index (χ1v) is 11.4. The number of rotatable bonds is 6. The highest BCUT2D eigenvalue weighted by Gasteiger charge is 2.66. The largest absolute Gasteiger partial charge is 0.523 e. The van der Waals surface area contributed by atoms with E-state index in [1.165, 1.54) is 36.4 Å². The Morgan fingerprint density at radius 1 is 1.00 bits per heavy atom. The van der Waals surface area contributed by atoms with Crippen molar-refractivity contribution < 1.29 is 39.1 Å². The molecule has 0 N–H and O–H groups in total. The average Bonchev–Trinajstić information content (AvgIpc) is 2.64. The summed E-state index contributed by atoms with van der Waals surface area (Å²) in [5, 5.41) is 11.6. The van der Waals surface area contributed by atoms with Crippen LogP contribution in [-0.4, -0.2) is 43.8 Å². The number of benzene rings is 2. The third-order valence-corrected chi connectivity index (χ3v) is 7.51. The standard InChI is InChI=1S/C17H15F3N2O7S2/c1-11-7-9-13(10-8-11)30(25,26)21-14(12-5-3-2-4-6-12)15(22(23)24)16(21)29-31(27,28)17(18,19)20/h2-10,14-16H,1H3/t14-,15-,16+/m1/s1. The van der Waals surface area contributed by atoms with Crippen LogP contribution >= 0.6 is 0 Å². The average molecular weight is 480 g/mol. The molecule has 0 aliphatic carbocycles. The summed E-state index contributed by atoms with van der Waals surface area (Å²) >= 11 is 0. The van der Waals surface area contributed by atoms with Crippen molar-refractivity contribution in [3.8, 4) is 0 Å². The number of nitrogens with zero attached hydrogens (tertiary/aromatic N) is 2. The molecule has 0 unspecified atom stereocenters. The van der Waals surface area contributed by atoms with E-state index in [0.29, 0.717) is 5.56 Å². The zero-order valence-electron chi connectivity index (χ0n) is 15.6. The third kappa shape index (κ3) is 4.15. The van der Waals surface area contributed by atoms with E-state index < -0.39 is 48.9 Å². The summed E-state index contributed by atoms with van der Waals surface area (Å²) < 4.78 is 92.3. The Morgan fingerprint density at radius 3 is 2.03 bits per heavy atom. The van der Waals surface area contributed by atoms with Crippen molar-refractivity contribution in [3.63, 3.8) is 0 Å². The second-order valence-corrected chi connectivity index (χ2v) is 10.1. The van der Waals surface area contributed by atoms with Gasteiger partial charge in [0.05, 0.1) is 4.90 Å². The zero-order valence-corrected chi connectivity index (χ0v) is 17.3. The lowest BCUT2D eigenvalue weighted by Gasteiger charge is -2.47. The Morgan fingerprint density at radius 2 is 1.55 bits per heavy atom. The molecule has 1 fully saturated rings. The fraction of sp³-hybridized carbons (Fsp3) is 0.294. The topological polar surface area (TPSA) is 124 Å².